The normalized spacial score (nSPS) is 15.8. The average molecular weight is 324 g/mol. The summed E-state index contributed by atoms with van der Waals surface area (Å²) in [6.07, 6.45) is 0. The summed E-state index contributed by atoms with van der Waals surface area (Å²) in [5.41, 5.74) is 3.08. The number of rotatable bonds is 5. The molecule has 4 nitrogen and oxygen atoms in total. The van der Waals surface area contributed by atoms with Crippen LogP contribution in [0, 0.1) is 0 Å². The molecule has 24 heavy (non-hydrogen) atoms. The molecule has 0 bridgehead atoms. The van der Waals surface area contributed by atoms with Crippen LogP contribution in [0.25, 0.3) is 0 Å². The lowest BCUT2D eigenvalue weighted by Gasteiger charge is -2.28. The third kappa shape index (κ3) is 4.15. The molecule has 1 heterocycles. The van der Waals surface area contributed by atoms with Gasteiger partial charge in [-0.25, -0.2) is 0 Å². The van der Waals surface area contributed by atoms with E-state index in [2.05, 4.69) is 29.3 Å². The SMILES string of the molecule is C[C@H](CNC(=O)c1ccc(N2CCOCC2)cc1)c1ccccc1. The van der Waals surface area contributed by atoms with Gasteiger partial charge in [-0.2, -0.15) is 0 Å². The van der Waals surface area contributed by atoms with Crippen LogP contribution in [0.15, 0.2) is 54.6 Å². The minimum Gasteiger partial charge on any atom is -0.378 e. The average Bonchev–Trinajstić information content (AvgIpc) is 2.67. The Balaban J connectivity index is 1.55. The molecule has 1 aliphatic heterocycles. The number of ether oxygens (including phenoxy) is 1. The molecule has 0 aliphatic carbocycles. The van der Waals surface area contributed by atoms with Gasteiger partial charge in [0.05, 0.1) is 13.2 Å². The molecule has 1 N–H and O–H groups in total. The number of nitrogens with one attached hydrogen (secondary N) is 1. The Kier molecular flexibility index (Phi) is 5.49. The summed E-state index contributed by atoms with van der Waals surface area (Å²) in [5, 5.41) is 3.02. The number of hydrogen-bond acceptors (Lipinski definition) is 3. The van der Waals surface area contributed by atoms with E-state index in [1.165, 1.54) is 5.56 Å². The zero-order chi connectivity index (χ0) is 16.8. The van der Waals surface area contributed by atoms with Gasteiger partial charge in [0.25, 0.3) is 5.91 Å². The number of anilines is 1. The van der Waals surface area contributed by atoms with E-state index in [1.54, 1.807) is 0 Å². The standard InChI is InChI=1S/C20H24N2O2/c1-16(17-5-3-2-4-6-17)15-21-20(23)18-7-9-19(10-8-18)22-11-13-24-14-12-22/h2-10,16H,11-15H2,1H3,(H,21,23)/t16-/m1/s1. The van der Waals surface area contributed by atoms with Crippen LogP contribution in [0.4, 0.5) is 5.69 Å². The predicted molar refractivity (Wildman–Crippen MR) is 96.7 cm³/mol. The molecule has 0 aromatic heterocycles. The molecular weight excluding hydrogens is 300 g/mol. The second-order valence-corrected chi connectivity index (χ2v) is 6.17. The topological polar surface area (TPSA) is 41.6 Å². The first-order valence-corrected chi connectivity index (χ1v) is 8.50. The molecular formula is C20H24N2O2. The lowest BCUT2D eigenvalue weighted by Crippen LogP contribution is -2.36. The quantitative estimate of drug-likeness (QED) is 0.919. The fourth-order valence-electron chi connectivity index (χ4n) is 2.89. The molecule has 0 spiro atoms. The smallest absolute Gasteiger partial charge is 0.251 e. The van der Waals surface area contributed by atoms with Crippen molar-refractivity contribution in [1.29, 1.82) is 0 Å². The summed E-state index contributed by atoms with van der Waals surface area (Å²) in [4.78, 5) is 14.6. The maximum Gasteiger partial charge on any atom is 0.251 e. The number of amides is 1. The molecule has 1 aliphatic rings. The van der Waals surface area contributed by atoms with Crippen LogP contribution in [0.1, 0.15) is 28.8 Å². The van der Waals surface area contributed by atoms with Gasteiger partial charge < -0.3 is 15.0 Å². The van der Waals surface area contributed by atoms with Crippen molar-refractivity contribution in [2.45, 2.75) is 12.8 Å². The van der Waals surface area contributed by atoms with Gasteiger partial charge in [0.15, 0.2) is 0 Å². The van der Waals surface area contributed by atoms with Gasteiger partial charge in [0.2, 0.25) is 0 Å². The van der Waals surface area contributed by atoms with Gasteiger partial charge in [-0.15, -0.1) is 0 Å². The van der Waals surface area contributed by atoms with Crippen molar-refractivity contribution in [3.8, 4) is 0 Å². The number of nitrogens with zero attached hydrogens (tertiary/aromatic N) is 1. The Morgan fingerprint density at radius 3 is 2.42 bits per heavy atom. The molecule has 2 aromatic carbocycles. The summed E-state index contributed by atoms with van der Waals surface area (Å²) in [7, 11) is 0. The van der Waals surface area contributed by atoms with Crippen LogP contribution in [0.3, 0.4) is 0 Å². The first kappa shape index (κ1) is 16.5. The first-order chi connectivity index (χ1) is 11.7. The Morgan fingerprint density at radius 1 is 1.08 bits per heavy atom. The van der Waals surface area contributed by atoms with Crippen molar-refractivity contribution >= 4 is 11.6 Å². The Labute approximate surface area is 143 Å². The summed E-state index contributed by atoms with van der Waals surface area (Å²) >= 11 is 0. The van der Waals surface area contributed by atoms with E-state index >= 15 is 0 Å². The second kappa shape index (κ2) is 7.97. The highest BCUT2D eigenvalue weighted by atomic mass is 16.5. The lowest BCUT2D eigenvalue weighted by molar-refractivity contribution is 0.0951. The van der Waals surface area contributed by atoms with E-state index in [0.717, 1.165) is 32.0 Å². The van der Waals surface area contributed by atoms with Crippen LogP contribution < -0.4 is 10.2 Å². The second-order valence-electron chi connectivity index (χ2n) is 6.17. The van der Waals surface area contributed by atoms with Crippen LogP contribution >= 0.6 is 0 Å². The lowest BCUT2D eigenvalue weighted by atomic mass is 10.0. The van der Waals surface area contributed by atoms with Gasteiger partial charge in [-0.3, -0.25) is 4.79 Å². The molecule has 2 aromatic rings. The number of carbonyl (C=O) groups is 1. The number of hydrogen-bond donors (Lipinski definition) is 1. The van der Waals surface area contributed by atoms with Gasteiger partial charge in [0.1, 0.15) is 0 Å². The molecule has 0 saturated carbocycles. The van der Waals surface area contributed by atoms with Crippen molar-refractivity contribution in [3.63, 3.8) is 0 Å². The summed E-state index contributed by atoms with van der Waals surface area (Å²) in [6.45, 7) is 6.09. The van der Waals surface area contributed by atoms with E-state index < -0.39 is 0 Å². The largest absolute Gasteiger partial charge is 0.378 e. The predicted octanol–water partition coefficient (Wildman–Crippen LogP) is 3.06. The molecule has 126 valence electrons. The van der Waals surface area contributed by atoms with Gasteiger partial charge in [0, 0.05) is 30.9 Å². The van der Waals surface area contributed by atoms with Crippen molar-refractivity contribution in [3.05, 3.63) is 65.7 Å². The monoisotopic (exact) mass is 324 g/mol. The molecule has 4 heteroatoms. The third-order valence-electron chi connectivity index (χ3n) is 4.44. The molecule has 0 unspecified atom stereocenters. The fraction of sp³-hybridized carbons (Fsp3) is 0.350. The maximum atomic E-state index is 12.3. The van der Waals surface area contributed by atoms with Crippen LogP contribution in [0.5, 0.6) is 0 Å². The summed E-state index contributed by atoms with van der Waals surface area (Å²) in [6, 6.07) is 18.1. The number of carbonyl (C=O) groups excluding carboxylic acids is 1. The Morgan fingerprint density at radius 2 is 1.75 bits per heavy atom. The molecule has 3 rings (SSSR count). The summed E-state index contributed by atoms with van der Waals surface area (Å²) in [5.74, 6) is 0.272. The van der Waals surface area contributed by atoms with E-state index in [-0.39, 0.29) is 5.91 Å². The zero-order valence-corrected chi connectivity index (χ0v) is 14.1. The van der Waals surface area contributed by atoms with Crippen LogP contribution in [-0.4, -0.2) is 38.8 Å². The van der Waals surface area contributed by atoms with Crippen molar-refractivity contribution in [2.75, 3.05) is 37.7 Å². The third-order valence-corrected chi connectivity index (χ3v) is 4.44. The first-order valence-electron chi connectivity index (χ1n) is 8.50. The summed E-state index contributed by atoms with van der Waals surface area (Å²) < 4.78 is 5.37. The highest BCUT2D eigenvalue weighted by Crippen LogP contribution is 2.17. The molecule has 1 atom stereocenters. The number of morpholine rings is 1. The van der Waals surface area contributed by atoms with Crippen molar-refractivity contribution in [1.82, 2.24) is 5.32 Å². The van der Waals surface area contributed by atoms with Crippen LogP contribution in [-0.2, 0) is 4.74 Å². The highest BCUT2D eigenvalue weighted by molar-refractivity contribution is 5.94. The van der Waals surface area contributed by atoms with Gasteiger partial charge in [-0.1, -0.05) is 37.3 Å². The molecule has 1 amide bonds. The molecule has 1 fully saturated rings. The van der Waals surface area contributed by atoms with E-state index in [0.29, 0.717) is 18.0 Å². The highest BCUT2D eigenvalue weighted by Gasteiger charge is 2.13. The van der Waals surface area contributed by atoms with Crippen molar-refractivity contribution < 1.29 is 9.53 Å². The fourth-order valence-corrected chi connectivity index (χ4v) is 2.89. The van der Waals surface area contributed by atoms with E-state index in [9.17, 15) is 4.79 Å². The van der Waals surface area contributed by atoms with E-state index in [1.807, 2.05) is 42.5 Å². The maximum absolute atomic E-state index is 12.3. The van der Waals surface area contributed by atoms with Crippen LogP contribution in [0.2, 0.25) is 0 Å². The zero-order valence-electron chi connectivity index (χ0n) is 14.1. The Bertz CT molecular complexity index is 649. The molecule has 1 saturated heterocycles. The molecule has 0 radical (unpaired) electrons. The minimum atomic E-state index is -0.0219. The number of benzene rings is 2. The van der Waals surface area contributed by atoms with E-state index in [4.69, 9.17) is 4.74 Å². The van der Waals surface area contributed by atoms with Gasteiger partial charge >= 0.3 is 0 Å². The van der Waals surface area contributed by atoms with Gasteiger partial charge in [-0.05, 0) is 35.7 Å². The Hall–Kier alpha value is -2.33. The minimum absolute atomic E-state index is 0.0219. The van der Waals surface area contributed by atoms with Crippen molar-refractivity contribution in [2.24, 2.45) is 0 Å².